The molecule has 32 heavy (non-hydrogen) atoms. The number of fused-ring (bicyclic) bond motifs is 1. The number of hydrogen-bond acceptors (Lipinski definition) is 3. The van der Waals surface area contributed by atoms with E-state index in [0.29, 0.717) is 36.2 Å². The van der Waals surface area contributed by atoms with Crippen LogP contribution in [0.1, 0.15) is 52.5 Å². The Morgan fingerprint density at radius 3 is 2.47 bits per heavy atom. The summed E-state index contributed by atoms with van der Waals surface area (Å²) in [5.74, 6) is 0.686. The summed E-state index contributed by atoms with van der Waals surface area (Å²) in [6.07, 6.45) is 2.32. The van der Waals surface area contributed by atoms with E-state index < -0.39 is 10.8 Å². The number of rotatable bonds is 6. The molecule has 0 unspecified atom stereocenters. The molecule has 1 heterocycles. The molecule has 0 radical (unpaired) electrons. The molecule has 4 rings (SSSR count). The van der Waals surface area contributed by atoms with E-state index in [9.17, 15) is 14.0 Å². The molecule has 5 nitrogen and oxygen atoms in total. The van der Waals surface area contributed by atoms with Crippen molar-refractivity contribution in [1.29, 1.82) is 0 Å². The molecule has 2 aliphatic rings. The third kappa shape index (κ3) is 4.23. The van der Waals surface area contributed by atoms with E-state index in [1.165, 1.54) is 12.1 Å². The van der Waals surface area contributed by atoms with Crippen LogP contribution in [-0.2, 0) is 15.0 Å². The average molecular weight is 439 g/mol. The quantitative estimate of drug-likeness (QED) is 0.666. The lowest BCUT2D eigenvalue weighted by molar-refractivity contribution is -0.127. The molecule has 170 valence electrons. The van der Waals surface area contributed by atoms with Gasteiger partial charge in [-0.25, -0.2) is 4.39 Å². The largest absolute Gasteiger partial charge is 0.490 e. The van der Waals surface area contributed by atoms with Crippen molar-refractivity contribution in [2.75, 3.05) is 23.4 Å². The second-order valence-electron chi connectivity index (χ2n) is 10.0. The van der Waals surface area contributed by atoms with Crippen molar-refractivity contribution in [3.05, 3.63) is 53.8 Å². The lowest BCUT2D eigenvalue weighted by Gasteiger charge is -2.29. The van der Waals surface area contributed by atoms with E-state index in [4.69, 9.17) is 4.74 Å². The summed E-state index contributed by atoms with van der Waals surface area (Å²) in [6.45, 7) is 8.94. The Bertz CT molecular complexity index is 1030. The number of carbonyl (C=O) groups is 2. The summed E-state index contributed by atoms with van der Waals surface area (Å²) in [4.78, 5) is 28.2. The molecular formula is C26H31FN2O3. The zero-order valence-electron chi connectivity index (χ0n) is 19.2. The van der Waals surface area contributed by atoms with Gasteiger partial charge in [0.1, 0.15) is 18.2 Å². The minimum absolute atomic E-state index is 0.0188. The molecule has 0 aromatic heterocycles. The Kier molecular flexibility index (Phi) is 5.74. The highest BCUT2D eigenvalue weighted by molar-refractivity contribution is 6.03. The number of hydrogen-bond donors (Lipinski definition) is 1. The highest BCUT2D eigenvalue weighted by Crippen LogP contribution is 2.49. The van der Waals surface area contributed by atoms with Crippen LogP contribution in [0.15, 0.2) is 42.5 Å². The SMILES string of the molecule is CC(C)CCN1C(=O)C(C)(C)COc2ccc(NC(=O)C3(c4ccc(F)cc4)CC3)cc21. The Labute approximate surface area is 188 Å². The topological polar surface area (TPSA) is 58.6 Å². The molecule has 0 spiro atoms. The van der Waals surface area contributed by atoms with Gasteiger partial charge in [0.15, 0.2) is 0 Å². The van der Waals surface area contributed by atoms with Crippen molar-refractivity contribution in [2.24, 2.45) is 11.3 Å². The normalized spacial score (nSPS) is 18.6. The van der Waals surface area contributed by atoms with Crippen LogP contribution in [0, 0.1) is 17.2 Å². The van der Waals surface area contributed by atoms with Gasteiger partial charge in [-0.1, -0.05) is 26.0 Å². The molecule has 0 saturated heterocycles. The predicted octanol–water partition coefficient (Wildman–Crippen LogP) is 5.29. The molecule has 1 fully saturated rings. The minimum Gasteiger partial charge on any atom is -0.490 e. The number of benzene rings is 2. The Hall–Kier alpha value is -2.89. The first-order chi connectivity index (χ1) is 15.1. The predicted molar refractivity (Wildman–Crippen MR) is 123 cm³/mol. The van der Waals surface area contributed by atoms with E-state index in [-0.39, 0.29) is 17.6 Å². The number of anilines is 2. The van der Waals surface area contributed by atoms with Crippen molar-refractivity contribution in [3.8, 4) is 5.75 Å². The third-order valence-electron chi connectivity index (χ3n) is 6.43. The van der Waals surface area contributed by atoms with Gasteiger partial charge in [-0.2, -0.15) is 0 Å². The smallest absolute Gasteiger partial charge is 0.236 e. The highest BCUT2D eigenvalue weighted by atomic mass is 19.1. The molecule has 6 heteroatoms. The van der Waals surface area contributed by atoms with Gasteiger partial charge >= 0.3 is 0 Å². The maximum atomic E-state index is 13.3. The van der Waals surface area contributed by atoms with Crippen molar-refractivity contribution in [3.63, 3.8) is 0 Å². The molecule has 1 aliphatic carbocycles. The molecule has 1 N–H and O–H groups in total. The standard InChI is InChI=1S/C26H31FN2O3/c1-17(2)11-14-29-21-15-20(9-10-22(21)32-16-25(3,4)24(29)31)28-23(30)26(12-13-26)18-5-7-19(27)8-6-18/h5-10,15,17H,11-14,16H2,1-4H3,(H,28,30). The van der Waals surface area contributed by atoms with Crippen LogP contribution in [0.3, 0.4) is 0 Å². The summed E-state index contributed by atoms with van der Waals surface area (Å²) in [7, 11) is 0. The van der Waals surface area contributed by atoms with Crippen LogP contribution >= 0.6 is 0 Å². The molecule has 1 saturated carbocycles. The van der Waals surface area contributed by atoms with E-state index >= 15 is 0 Å². The number of halogens is 1. The zero-order chi connectivity index (χ0) is 23.1. The lowest BCUT2D eigenvalue weighted by atomic mass is 9.92. The van der Waals surface area contributed by atoms with Crippen molar-refractivity contribution < 1.29 is 18.7 Å². The second-order valence-corrected chi connectivity index (χ2v) is 10.0. The Morgan fingerprint density at radius 2 is 1.84 bits per heavy atom. The maximum absolute atomic E-state index is 13.3. The number of amides is 2. The molecule has 1 aliphatic heterocycles. The van der Waals surface area contributed by atoms with E-state index in [2.05, 4.69) is 19.2 Å². The number of nitrogens with one attached hydrogen (secondary N) is 1. The number of ether oxygens (including phenoxy) is 1. The molecule has 0 bridgehead atoms. The first-order valence-electron chi connectivity index (χ1n) is 11.3. The lowest BCUT2D eigenvalue weighted by Crippen LogP contribution is -2.42. The third-order valence-corrected chi connectivity index (χ3v) is 6.43. The van der Waals surface area contributed by atoms with E-state index in [0.717, 1.165) is 24.8 Å². The van der Waals surface area contributed by atoms with Crippen molar-refractivity contribution >= 4 is 23.2 Å². The summed E-state index contributed by atoms with van der Waals surface area (Å²) >= 11 is 0. The highest BCUT2D eigenvalue weighted by Gasteiger charge is 2.51. The van der Waals surface area contributed by atoms with Gasteiger partial charge < -0.3 is 15.0 Å². The summed E-state index contributed by atoms with van der Waals surface area (Å²) in [5.41, 5.74) is 0.870. The molecule has 0 atom stereocenters. The Morgan fingerprint density at radius 1 is 1.16 bits per heavy atom. The first kappa shape index (κ1) is 22.3. The zero-order valence-corrected chi connectivity index (χ0v) is 19.2. The van der Waals surface area contributed by atoms with Gasteiger partial charge in [0, 0.05) is 12.2 Å². The number of carbonyl (C=O) groups excluding carboxylic acids is 2. The molecular weight excluding hydrogens is 407 g/mol. The van der Waals surface area contributed by atoms with Crippen molar-refractivity contribution in [1.82, 2.24) is 0 Å². The summed E-state index contributed by atoms with van der Waals surface area (Å²) in [5, 5.41) is 3.02. The van der Waals surface area contributed by atoms with Crippen LogP contribution in [0.25, 0.3) is 0 Å². The number of nitrogens with zero attached hydrogens (tertiary/aromatic N) is 1. The molecule has 2 aromatic carbocycles. The monoisotopic (exact) mass is 438 g/mol. The fraction of sp³-hybridized carbons (Fsp3) is 0.462. The minimum atomic E-state index is -0.639. The maximum Gasteiger partial charge on any atom is 0.236 e. The van der Waals surface area contributed by atoms with Gasteiger partial charge in [-0.05, 0) is 74.9 Å². The van der Waals surface area contributed by atoms with Gasteiger partial charge in [-0.3, -0.25) is 9.59 Å². The van der Waals surface area contributed by atoms with E-state index in [1.807, 2.05) is 26.0 Å². The van der Waals surface area contributed by atoms with Gasteiger partial charge in [-0.15, -0.1) is 0 Å². The first-order valence-corrected chi connectivity index (χ1v) is 11.3. The van der Waals surface area contributed by atoms with Crippen LogP contribution in [-0.4, -0.2) is 25.0 Å². The van der Waals surface area contributed by atoms with Crippen LogP contribution in [0.5, 0.6) is 5.75 Å². The Balaban J connectivity index is 1.61. The summed E-state index contributed by atoms with van der Waals surface area (Å²) in [6, 6.07) is 11.6. The van der Waals surface area contributed by atoms with Crippen LogP contribution in [0.4, 0.5) is 15.8 Å². The van der Waals surface area contributed by atoms with E-state index in [1.54, 1.807) is 23.1 Å². The fourth-order valence-corrected chi connectivity index (χ4v) is 4.12. The second kappa shape index (κ2) is 8.23. The van der Waals surface area contributed by atoms with Crippen LogP contribution in [0.2, 0.25) is 0 Å². The average Bonchev–Trinajstić information content (AvgIpc) is 3.56. The summed E-state index contributed by atoms with van der Waals surface area (Å²) < 4.78 is 19.3. The van der Waals surface area contributed by atoms with Gasteiger partial charge in [0.2, 0.25) is 11.8 Å². The van der Waals surface area contributed by atoms with Gasteiger partial charge in [0.05, 0.1) is 16.5 Å². The van der Waals surface area contributed by atoms with Crippen LogP contribution < -0.4 is 15.0 Å². The fourth-order valence-electron chi connectivity index (χ4n) is 4.12. The van der Waals surface area contributed by atoms with Gasteiger partial charge in [0.25, 0.3) is 0 Å². The van der Waals surface area contributed by atoms with Crippen molar-refractivity contribution in [2.45, 2.75) is 52.4 Å². The molecule has 2 aromatic rings. The molecule has 2 amide bonds.